The number of hydrogen-bond donors (Lipinski definition) is 3. The second kappa shape index (κ2) is 19.1. The van der Waals surface area contributed by atoms with Gasteiger partial charge in [-0.15, -0.1) is 21.5 Å². The van der Waals surface area contributed by atoms with E-state index in [1.165, 1.54) is 42.2 Å². The lowest BCUT2D eigenvalue weighted by Gasteiger charge is -2.29. The van der Waals surface area contributed by atoms with Crippen LogP contribution in [0, 0.1) is 27.7 Å². The molecule has 3 aliphatic heterocycles. The van der Waals surface area contributed by atoms with Crippen LogP contribution in [0.3, 0.4) is 0 Å². The lowest BCUT2D eigenvalue weighted by atomic mass is 9.99. The van der Waals surface area contributed by atoms with Crippen LogP contribution in [-0.2, 0) is 20.9 Å². The number of imide groups is 1. The van der Waals surface area contributed by atoms with Crippen LogP contribution in [0.2, 0.25) is 0 Å². The third kappa shape index (κ3) is 9.08. The second-order valence-corrected chi connectivity index (χ2v) is 16.4. The molecule has 18 heteroatoms. The molecule has 0 radical (unpaired) electrons. The molecular formula is C45H50N10O7S. The van der Waals surface area contributed by atoms with E-state index in [9.17, 15) is 19.2 Å². The number of rotatable bonds is 12. The van der Waals surface area contributed by atoms with E-state index in [0.717, 1.165) is 34.2 Å². The summed E-state index contributed by atoms with van der Waals surface area (Å²) < 4.78 is 18.1. The van der Waals surface area contributed by atoms with Crippen LogP contribution < -0.4 is 30.2 Å². The van der Waals surface area contributed by atoms with Crippen molar-refractivity contribution in [2.24, 2.45) is 15.2 Å². The van der Waals surface area contributed by atoms with Gasteiger partial charge in [0, 0.05) is 65.3 Å². The summed E-state index contributed by atoms with van der Waals surface area (Å²) in [6.45, 7) is 9.81. The number of amides is 4. The average molecular weight is 875 g/mol. The van der Waals surface area contributed by atoms with Gasteiger partial charge in [-0.25, -0.2) is 0 Å². The van der Waals surface area contributed by atoms with Gasteiger partial charge in [-0.3, -0.25) is 34.1 Å². The summed E-state index contributed by atoms with van der Waals surface area (Å²) in [5.74, 6) is 1.76. The Bertz CT molecular complexity index is 2610. The van der Waals surface area contributed by atoms with Gasteiger partial charge in [0.25, 0.3) is 5.91 Å². The molecule has 3 aliphatic rings. The quantitative estimate of drug-likeness (QED) is 0.0750. The van der Waals surface area contributed by atoms with E-state index >= 15 is 0 Å². The van der Waals surface area contributed by atoms with Gasteiger partial charge in [-0.2, -0.15) is 10.2 Å². The zero-order valence-electron chi connectivity index (χ0n) is 36.5. The van der Waals surface area contributed by atoms with E-state index in [1.807, 2.05) is 14.0 Å². The highest BCUT2D eigenvalue weighted by Gasteiger charge is 2.40. The van der Waals surface area contributed by atoms with Gasteiger partial charge in [0.15, 0.2) is 17.3 Å². The number of hydrogen-bond acceptors (Lipinski definition) is 14. The van der Waals surface area contributed by atoms with Crippen molar-refractivity contribution < 1.29 is 33.4 Å². The molecule has 3 aromatic carbocycles. The number of aromatic nitrogens is 3. The molecule has 5 aromatic rings. The molecule has 0 spiro atoms. The number of aryl methyl sites for hydroxylation is 3. The monoisotopic (exact) mass is 874 g/mol. The van der Waals surface area contributed by atoms with Gasteiger partial charge in [0.05, 0.1) is 44.8 Å². The summed E-state index contributed by atoms with van der Waals surface area (Å²) in [5.41, 5.74) is 7.60. The number of nitrogens with one attached hydrogen (secondary N) is 3. The fourth-order valence-corrected chi connectivity index (χ4v) is 8.92. The van der Waals surface area contributed by atoms with Crippen molar-refractivity contribution in [2.45, 2.75) is 65.6 Å². The van der Waals surface area contributed by atoms with Crippen molar-refractivity contribution in [1.82, 2.24) is 35.6 Å². The molecule has 63 heavy (non-hydrogen) atoms. The maximum atomic E-state index is 12.9. The number of nitrogens with zero attached hydrogens (tertiary/aromatic N) is 7. The van der Waals surface area contributed by atoms with E-state index < -0.39 is 18.0 Å². The van der Waals surface area contributed by atoms with Crippen molar-refractivity contribution in [3.8, 4) is 22.2 Å². The Balaban J connectivity index is 0.000000189. The van der Waals surface area contributed by atoms with E-state index in [-0.39, 0.29) is 37.1 Å². The van der Waals surface area contributed by atoms with Gasteiger partial charge in [-0.05, 0) is 58.9 Å². The Morgan fingerprint density at radius 3 is 2.33 bits per heavy atom. The Hall–Kier alpha value is -6.79. The molecule has 0 aliphatic carbocycles. The van der Waals surface area contributed by atoms with Crippen LogP contribution in [0.25, 0.3) is 5.00 Å². The lowest BCUT2D eigenvalue weighted by Crippen LogP contribution is -2.52. The van der Waals surface area contributed by atoms with Gasteiger partial charge < -0.3 is 29.7 Å². The predicted molar refractivity (Wildman–Crippen MR) is 237 cm³/mol. The standard InChI is InChI=1S/C23H28N6OS.C22H22N4O6/c1-13-6-8-17(9-7-13)21-20-14(2)15(3)31-23(20)29-16(4)27-28-22(29)18(26-21)12-19(30)25-11-10-24-5;1-30-17-9-12(10-18(31-2)20(17)32-3)24-25-15-6-4-5-13-14(15)11-26(22(13)29)16-7-8-19(27)23-21(16)28/h6-9,18,24H,10-12H2,1-5H3,(H,25,30);4-6,9-10,16H,7-8,11H2,1-3H3,(H,23,27,28)/t18-;/m0./s1. The molecule has 1 saturated heterocycles. The van der Waals surface area contributed by atoms with Crippen LogP contribution in [0.4, 0.5) is 11.4 Å². The minimum atomic E-state index is -0.688. The molecule has 3 N–H and O–H groups in total. The summed E-state index contributed by atoms with van der Waals surface area (Å²) in [6, 6.07) is 15.8. The van der Waals surface area contributed by atoms with E-state index in [1.54, 1.807) is 41.7 Å². The molecule has 2 aromatic heterocycles. The van der Waals surface area contributed by atoms with Crippen LogP contribution in [0.5, 0.6) is 17.2 Å². The van der Waals surface area contributed by atoms with E-state index in [0.29, 0.717) is 58.5 Å². The molecule has 0 saturated carbocycles. The van der Waals surface area contributed by atoms with Crippen molar-refractivity contribution in [3.63, 3.8) is 0 Å². The molecule has 328 valence electrons. The van der Waals surface area contributed by atoms with Crippen LogP contribution in [0.1, 0.15) is 80.0 Å². The van der Waals surface area contributed by atoms with Crippen LogP contribution >= 0.6 is 11.3 Å². The molecule has 1 unspecified atom stereocenters. The summed E-state index contributed by atoms with van der Waals surface area (Å²) in [5, 5.41) is 26.8. The highest BCUT2D eigenvalue weighted by atomic mass is 32.1. The zero-order chi connectivity index (χ0) is 44.9. The number of fused-ring (bicyclic) bond motifs is 4. The SMILES string of the molecule is CNCCNC(=O)C[C@@H]1N=C(c2ccc(C)cc2)c2c(sc(C)c2C)-n2c(C)nnc21.COc1cc(N=Nc2cccc3c2CN(C2CCC(=O)NC2=O)C3=O)cc(OC)c1OC. The summed E-state index contributed by atoms with van der Waals surface area (Å²) in [4.78, 5) is 57.2. The smallest absolute Gasteiger partial charge is 0.255 e. The third-order valence-corrected chi connectivity index (χ3v) is 12.3. The molecule has 2 atom stereocenters. The minimum Gasteiger partial charge on any atom is -0.493 e. The number of methoxy groups -OCH3 is 3. The fraction of sp³-hybridized carbons (Fsp3) is 0.356. The normalized spacial score (nSPS) is 16.6. The van der Waals surface area contributed by atoms with Crippen molar-refractivity contribution in [3.05, 3.63) is 105 Å². The van der Waals surface area contributed by atoms with Crippen molar-refractivity contribution >= 4 is 52.1 Å². The third-order valence-electron chi connectivity index (χ3n) is 11.1. The Kier molecular flexibility index (Phi) is 13.4. The summed E-state index contributed by atoms with van der Waals surface area (Å²) >= 11 is 1.72. The molecule has 17 nitrogen and oxygen atoms in total. The Morgan fingerprint density at radius 1 is 0.937 bits per heavy atom. The number of carbonyl (C=O) groups is 4. The predicted octanol–water partition coefficient (Wildman–Crippen LogP) is 6.07. The number of thiophene rings is 1. The highest BCUT2D eigenvalue weighted by Crippen LogP contribution is 2.42. The van der Waals surface area contributed by atoms with Crippen LogP contribution in [0.15, 0.2) is 69.8 Å². The Morgan fingerprint density at radius 2 is 1.67 bits per heavy atom. The maximum Gasteiger partial charge on any atom is 0.255 e. The topological polar surface area (TPSA) is 203 Å². The first-order valence-corrected chi connectivity index (χ1v) is 21.3. The fourth-order valence-electron chi connectivity index (χ4n) is 7.71. The van der Waals surface area contributed by atoms with Gasteiger partial charge >= 0.3 is 0 Å². The van der Waals surface area contributed by atoms with Crippen molar-refractivity contribution in [2.75, 3.05) is 41.5 Å². The number of azo groups is 1. The number of likely N-dealkylation sites (N-methyl/N-ethyl adjacent to an activating group) is 1. The van der Waals surface area contributed by atoms with E-state index in [4.69, 9.17) is 19.2 Å². The van der Waals surface area contributed by atoms with Gasteiger partial charge in [-0.1, -0.05) is 35.9 Å². The number of ether oxygens (including phenoxy) is 3. The number of carbonyl (C=O) groups excluding carboxylic acids is 4. The maximum absolute atomic E-state index is 12.9. The molecule has 1 fully saturated rings. The molecular weight excluding hydrogens is 825 g/mol. The minimum absolute atomic E-state index is 0.0439. The average Bonchev–Trinajstić information content (AvgIpc) is 3.89. The Labute approximate surface area is 369 Å². The first-order valence-electron chi connectivity index (χ1n) is 20.4. The second-order valence-electron chi connectivity index (χ2n) is 15.2. The van der Waals surface area contributed by atoms with E-state index in [2.05, 4.69) is 86.0 Å². The molecule has 4 amide bonds. The van der Waals surface area contributed by atoms with Gasteiger partial charge in [0.1, 0.15) is 22.9 Å². The van der Waals surface area contributed by atoms with Gasteiger partial charge in [0.2, 0.25) is 23.5 Å². The summed E-state index contributed by atoms with van der Waals surface area (Å²) in [7, 11) is 6.40. The first-order chi connectivity index (χ1) is 30.4. The van der Waals surface area contributed by atoms with Crippen LogP contribution in [-0.4, -0.2) is 96.5 Å². The largest absolute Gasteiger partial charge is 0.493 e. The number of piperidine rings is 1. The number of aliphatic imine (C=N–C) groups is 1. The molecule has 0 bridgehead atoms. The van der Waals surface area contributed by atoms with Crippen molar-refractivity contribution in [1.29, 1.82) is 0 Å². The number of benzene rings is 3. The highest BCUT2D eigenvalue weighted by molar-refractivity contribution is 7.15. The molecule has 8 rings (SSSR count). The zero-order valence-corrected chi connectivity index (χ0v) is 37.3. The first kappa shape index (κ1) is 44.3. The summed E-state index contributed by atoms with van der Waals surface area (Å²) in [6.07, 6.45) is 0.723. The molecule has 5 heterocycles. The lowest BCUT2D eigenvalue weighted by molar-refractivity contribution is -0.137.